The summed E-state index contributed by atoms with van der Waals surface area (Å²) in [5.41, 5.74) is 0.951. The Morgan fingerprint density at radius 2 is 2.00 bits per heavy atom. The fourth-order valence-electron chi connectivity index (χ4n) is 2.22. The highest BCUT2D eigenvalue weighted by atomic mass is 16.2. The van der Waals surface area contributed by atoms with E-state index >= 15 is 0 Å². The predicted molar refractivity (Wildman–Crippen MR) is 73.6 cm³/mol. The molecule has 0 aromatic carbocycles. The third-order valence-corrected chi connectivity index (χ3v) is 3.34. The number of hydrogen-bond donors (Lipinski definition) is 0. The second kappa shape index (κ2) is 5.28. The molecule has 7 nitrogen and oxygen atoms in total. The molecular weight excluding hydrogens is 256 g/mol. The highest BCUT2D eigenvalue weighted by molar-refractivity contribution is 5.76. The number of piperazine rings is 1. The van der Waals surface area contributed by atoms with Gasteiger partial charge in [0, 0.05) is 50.5 Å². The van der Waals surface area contributed by atoms with Crippen LogP contribution in [0.5, 0.6) is 0 Å². The molecule has 104 valence electrons. The van der Waals surface area contributed by atoms with Crippen molar-refractivity contribution in [2.45, 2.75) is 6.92 Å². The van der Waals surface area contributed by atoms with Crippen LogP contribution in [0.2, 0.25) is 0 Å². The first-order valence-electron chi connectivity index (χ1n) is 6.56. The molecule has 1 fully saturated rings. The number of aromatic nitrogens is 4. The zero-order valence-corrected chi connectivity index (χ0v) is 11.3. The van der Waals surface area contributed by atoms with Gasteiger partial charge >= 0.3 is 6.03 Å². The third-order valence-electron chi connectivity index (χ3n) is 3.34. The highest BCUT2D eigenvalue weighted by Crippen LogP contribution is 2.11. The first kappa shape index (κ1) is 12.6. The molecule has 0 radical (unpaired) electrons. The molecule has 0 spiro atoms. The number of amides is 1. The van der Waals surface area contributed by atoms with Gasteiger partial charge in [0.25, 0.3) is 0 Å². The standard InChI is InChI=1S/C13H16N6O/c1-11-2-3-15-12(16-11)17-6-8-18(9-7-17)13(20)19-5-4-14-10-19/h2-5,10H,6-9H2,1H3. The van der Waals surface area contributed by atoms with Crippen molar-refractivity contribution in [1.29, 1.82) is 0 Å². The molecule has 0 aliphatic carbocycles. The number of rotatable bonds is 1. The number of carbonyl (C=O) groups excluding carboxylic acids is 1. The molecule has 3 rings (SSSR count). The van der Waals surface area contributed by atoms with Crippen LogP contribution in [0.15, 0.2) is 31.0 Å². The Kier molecular flexibility index (Phi) is 3.32. The van der Waals surface area contributed by atoms with Gasteiger partial charge in [-0.25, -0.2) is 19.7 Å². The minimum Gasteiger partial charge on any atom is -0.337 e. The second-order valence-electron chi connectivity index (χ2n) is 4.72. The minimum atomic E-state index is -0.0349. The molecule has 1 amide bonds. The van der Waals surface area contributed by atoms with Crippen LogP contribution in [-0.4, -0.2) is 56.6 Å². The van der Waals surface area contributed by atoms with E-state index in [0.717, 1.165) is 24.7 Å². The third kappa shape index (κ3) is 2.47. The summed E-state index contributed by atoms with van der Waals surface area (Å²) in [5, 5.41) is 0. The number of anilines is 1. The van der Waals surface area contributed by atoms with E-state index in [0.29, 0.717) is 13.1 Å². The van der Waals surface area contributed by atoms with Gasteiger partial charge in [-0.3, -0.25) is 4.57 Å². The molecule has 0 N–H and O–H groups in total. The van der Waals surface area contributed by atoms with Gasteiger partial charge in [0.05, 0.1) is 0 Å². The first-order chi connectivity index (χ1) is 9.74. The van der Waals surface area contributed by atoms with Gasteiger partial charge in [0.2, 0.25) is 5.95 Å². The quantitative estimate of drug-likeness (QED) is 0.767. The Morgan fingerprint density at radius 3 is 2.65 bits per heavy atom. The topological polar surface area (TPSA) is 67.2 Å². The van der Waals surface area contributed by atoms with E-state index in [2.05, 4.69) is 19.9 Å². The van der Waals surface area contributed by atoms with Crippen LogP contribution >= 0.6 is 0 Å². The zero-order chi connectivity index (χ0) is 13.9. The van der Waals surface area contributed by atoms with E-state index in [1.807, 2.05) is 17.9 Å². The van der Waals surface area contributed by atoms with Crippen molar-refractivity contribution in [3.8, 4) is 0 Å². The lowest BCUT2D eigenvalue weighted by atomic mass is 10.3. The normalized spacial score (nSPS) is 15.4. The fourth-order valence-corrected chi connectivity index (χ4v) is 2.22. The lowest BCUT2D eigenvalue weighted by Gasteiger charge is -2.34. The molecule has 1 saturated heterocycles. The largest absolute Gasteiger partial charge is 0.337 e. The van der Waals surface area contributed by atoms with E-state index < -0.39 is 0 Å². The average molecular weight is 272 g/mol. The van der Waals surface area contributed by atoms with E-state index in [1.54, 1.807) is 18.6 Å². The summed E-state index contributed by atoms with van der Waals surface area (Å²) in [6.07, 6.45) is 6.56. The summed E-state index contributed by atoms with van der Waals surface area (Å²) in [4.78, 5) is 28.7. The second-order valence-corrected chi connectivity index (χ2v) is 4.72. The number of nitrogens with zero attached hydrogens (tertiary/aromatic N) is 6. The van der Waals surface area contributed by atoms with Crippen molar-refractivity contribution < 1.29 is 4.79 Å². The molecule has 0 saturated carbocycles. The number of carbonyl (C=O) groups is 1. The van der Waals surface area contributed by atoms with Crippen LogP contribution in [0.25, 0.3) is 0 Å². The molecule has 0 bridgehead atoms. The lowest BCUT2D eigenvalue weighted by molar-refractivity contribution is 0.195. The maximum absolute atomic E-state index is 12.2. The monoisotopic (exact) mass is 272 g/mol. The molecule has 2 aromatic rings. The molecule has 0 atom stereocenters. The summed E-state index contributed by atoms with van der Waals surface area (Å²) < 4.78 is 1.50. The Bertz CT molecular complexity index is 589. The van der Waals surface area contributed by atoms with Crippen LogP contribution < -0.4 is 4.90 Å². The molecular formula is C13H16N6O. The predicted octanol–water partition coefficient (Wildman–Crippen LogP) is 0.772. The van der Waals surface area contributed by atoms with Crippen LogP contribution in [0.4, 0.5) is 10.7 Å². The van der Waals surface area contributed by atoms with E-state index in [-0.39, 0.29) is 6.03 Å². The summed E-state index contributed by atoms with van der Waals surface area (Å²) in [5.74, 6) is 0.736. The molecule has 0 unspecified atom stereocenters. The van der Waals surface area contributed by atoms with Crippen molar-refractivity contribution in [3.63, 3.8) is 0 Å². The fraction of sp³-hybridized carbons (Fsp3) is 0.385. The average Bonchev–Trinajstić information content (AvgIpc) is 3.01. The van der Waals surface area contributed by atoms with Crippen molar-refractivity contribution in [2.24, 2.45) is 0 Å². The summed E-state index contributed by atoms with van der Waals surface area (Å²) in [6.45, 7) is 4.75. The van der Waals surface area contributed by atoms with E-state index in [1.165, 1.54) is 10.9 Å². The molecule has 2 aromatic heterocycles. The summed E-state index contributed by atoms with van der Waals surface area (Å²) in [7, 11) is 0. The van der Waals surface area contributed by atoms with Gasteiger partial charge < -0.3 is 9.80 Å². The van der Waals surface area contributed by atoms with Crippen molar-refractivity contribution in [1.82, 2.24) is 24.4 Å². The smallest absolute Gasteiger partial charge is 0.329 e. The Morgan fingerprint density at radius 1 is 1.20 bits per heavy atom. The minimum absolute atomic E-state index is 0.0349. The Labute approximate surface area is 116 Å². The first-order valence-corrected chi connectivity index (χ1v) is 6.56. The van der Waals surface area contributed by atoms with Crippen molar-refractivity contribution in [3.05, 3.63) is 36.7 Å². The van der Waals surface area contributed by atoms with Gasteiger partial charge in [-0.1, -0.05) is 0 Å². The maximum Gasteiger partial charge on any atom is 0.329 e. The van der Waals surface area contributed by atoms with Crippen molar-refractivity contribution in [2.75, 3.05) is 31.1 Å². The van der Waals surface area contributed by atoms with E-state index in [9.17, 15) is 4.79 Å². The van der Waals surface area contributed by atoms with Crippen LogP contribution in [0, 0.1) is 6.92 Å². The molecule has 1 aliphatic heterocycles. The van der Waals surface area contributed by atoms with Crippen LogP contribution in [0.3, 0.4) is 0 Å². The number of hydrogen-bond acceptors (Lipinski definition) is 5. The zero-order valence-electron chi connectivity index (χ0n) is 11.3. The van der Waals surface area contributed by atoms with E-state index in [4.69, 9.17) is 0 Å². The SMILES string of the molecule is Cc1ccnc(N2CCN(C(=O)n3ccnc3)CC2)n1. The molecule has 20 heavy (non-hydrogen) atoms. The lowest BCUT2D eigenvalue weighted by Crippen LogP contribution is -2.50. The number of imidazole rings is 1. The van der Waals surface area contributed by atoms with Crippen LogP contribution in [0.1, 0.15) is 5.69 Å². The van der Waals surface area contributed by atoms with Gasteiger partial charge in [-0.05, 0) is 13.0 Å². The molecule has 1 aliphatic rings. The van der Waals surface area contributed by atoms with Gasteiger partial charge in [-0.15, -0.1) is 0 Å². The summed E-state index contributed by atoms with van der Waals surface area (Å²) in [6, 6.07) is 1.84. The molecule has 7 heteroatoms. The van der Waals surface area contributed by atoms with Gasteiger partial charge in [-0.2, -0.15) is 0 Å². The summed E-state index contributed by atoms with van der Waals surface area (Å²) >= 11 is 0. The Balaban J connectivity index is 1.64. The maximum atomic E-state index is 12.2. The highest BCUT2D eigenvalue weighted by Gasteiger charge is 2.23. The van der Waals surface area contributed by atoms with Crippen LogP contribution in [-0.2, 0) is 0 Å². The van der Waals surface area contributed by atoms with Gasteiger partial charge in [0.1, 0.15) is 6.33 Å². The Hall–Kier alpha value is -2.44. The molecule has 3 heterocycles. The van der Waals surface area contributed by atoms with Gasteiger partial charge in [0.15, 0.2) is 0 Å². The number of aryl methyl sites for hydroxylation is 1. The van der Waals surface area contributed by atoms with Crippen molar-refractivity contribution >= 4 is 12.0 Å².